The average molecular weight is 346 g/mol. The molecule has 1 fully saturated rings. The van der Waals surface area contributed by atoms with E-state index in [2.05, 4.69) is 20.8 Å². The number of methoxy groups -OCH3 is 1. The number of H-pyrrole nitrogens is 1. The molecule has 0 bridgehead atoms. The van der Waals surface area contributed by atoms with Crippen LogP contribution in [0.25, 0.3) is 0 Å². The van der Waals surface area contributed by atoms with Crippen LogP contribution in [0.5, 0.6) is 11.5 Å². The van der Waals surface area contributed by atoms with Crippen LogP contribution in [0, 0.1) is 0 Å². The summed E-state index contributed by atoms with van der Waals surface area (Å²) < 4.78 is 16.7. The van der Waals surface area contributed by atoms with E-state index in [0.717, 1.165) is 25.0 Å². The van der Waals surface area contributed by atoms with Gasteiger partial charge in [-0.15, -0.1) is 0 Å². The molecule has 0 radical (unpaired) electrons. The van der Waals surface area contributed by atoms with Crippen LogP contribution in [0.15, 0.2) is 30.6 Å². The Hall–Kier alpha value is -2.74. The predicted molar refractivity (Wildman–Crippen MR) is 91.9 cm³/mol. The second-order valence-corrected chi connectivity index (χ2v) is 5.73. The summed E-state index contributed by atoms with van der Waals surface area (Å²) in [7, 11) is 1.59. The number of aromatic amines is 1. The third-order valence-corrected chi connectivity index (χ3v) is 3.89. The number of carbonyl (C=O) groups excluding carboxylic acids is 1. The molecule has 2 aromatic rings. The van der Waals surface area contributed by atoms with E-state index in [9.17, 15) is 4.79 Å². The van der Waals surface area contributed by atoms with Crippen molar-refractivity contribution in [3.63, 3.8) is 0 Å². The number of benzene rings is 1. The maximum Gasteiger partial charge on any atom is 0.319 e. The van der Waals surface area contributed by atoms with Crippen molar-refractivity contribution in [2.45, 2.75) is 25.5 Å². The van der Waals surface area contributed by atoms with Gasteiger partial charge in [-0.3, -0.25) is 5.10 Å². The number of nitrogens with one attached hydrogen (secondary N) is 3. The average Bonchev–Trinajstić information content (AvgIpc) is 3.32. The Kier molecular flexibility index (Phi) is 5.73. The first-order valence-corrected chi connectivity index (χ1v) is 8.19. The molecule has 1 atom stereocenters. The SMILES string of the molecule is COc1cc(CNC(=O)Nc2cn[nH]c2)ccc1OC[C@H]1CCCO1. The molecule has 1 aromatic heterocycles. The monoisotopic (exact) mass is 346 g/mol. The largest absolute Gasteiger partial charge is 0.493 e. The third-order valence-electron chi connectivity index (χ3n) is 3.89. The minimum atomic E-state index is -0.306. The highest BCUT2D eigenvalue weighted by Gasteiger charge is 2.17. The lowest BCUT2D eigenvalue weighted by Crippen LogP contribution is -2.28. The van der Waals surface area contributed by atoms with Gasteiger partial charge in [0.25, 0.3) is 0 Å². The van der Waals surface area contributed by atoms with Crippen LogP contribution in [0.1, 0.15) is 18.4 Å². The number of urea groups is 1. The molecule has 1 aliphatic heterocycles. The molecule has 1 aliphatic rings. The fourth-order valence-corrected chi connectivity index (χ4v) is 2.58. The number of amides is 2. The van der Waals surface area contributed by atoms with E-state index >= 15 is 0 Å². The van der Waals surface area contributed by atoms with E-state index < -0.39 is 0 Å². The van der Waals surface area contributed by atoms with Crippen molar-refractivity contribution < 1.29 is 19.0 Å². The van der Waals surface area contributed by atoms with Crippen LogP contribution in [0.2, 0.25) is 0 Å². The summed E-state index contributed by atoms with van der Waals surface area (Å²) in [6.45, 7) is 1.68. The summed E-state index contributed by atoms with van der Waals surface area (Å²) in [6, 6.07) is 5.28. The van der Waals surface area contributed by atoms with Gasteiger partial charge < -0.3 is 24.8 Å². The van der Waals surface area contributed by atoms with Gasteiger partial charge in [0.2, 0.25) is 0 Å². The number of aromatic nitrogens is 2. The van der Waals surface area contributed by atoms with Gasteiger partial charge in [-0.05, 0) is 30.5 Å². The number of nitrogens with zero attached hydrogens (tertiary/aromatic N) is 1. The maximum absolute atomic E-state index is 11.8. The molecule has 0 unspecified atom stereocenters. The normalized spacial score (nSPS) is 16.4. The summed E-state index contributed by atoms with van der Waals surface area (Å²) in [4.78, 5) is 11.8. The number of hydrogen-bond acceptors (Lipinski definition) is 5. The first-order valence-electron chi connectivity index (χ1n) is 8.19. The molecule has 25 heavy (non-hydrogen) atoms. The van der Waals surface area contributed by atoms with E-state index in [1.54, 1.807) is 13.3 Å². The molecule has 8 heteroatoms. The topological polar surface area (TPSA) is 97.5 Å². The molecule has 3 N–H and O–H groups in total. The lowest BCUT2D eigenvalue weighted by atomic mass is 10.2. The summed E-state index contributed by atoms with van der Waals surface area (Å²) >= 11 is 0. The smallest absolute Gasteiger partial charge is 0.319 e. The second kappa shape index (κ2) is 8.39. The van der Waals surface area contributed by atoms with Crippen molar-refractivity contribution in [2.75, 3.05) is 25.6 Å². The Morgan fingerprint density at radius 1 is 1.44 bits per heavy atom. The highest BCUT2D eigenvalue weighted by molar-refractivity contribution is 5.88. The fourth-order valence-electron chi connectivity index (χ4n) is 2.58. The molecule has 2 heterocycles. The summed E-state index contributed by atoms with van der Waals surface area (Å²) in [5.74, 6) is 1.30. The minimum Gasteiger partial charge on any atom is -0.493 e. The highest BCUT2D eigenvalue weighted by atomic mass is 16.5. The molecule has 3 rings (SSSR count). The lowest BCUT2D eigenvalue weighted by Gasteiger charge is -2.15. The van der Waals surface area contributed by atoms with Crippen LogP contribution >= 0.6 is 0 Å². The molecular weight excluding hydrogens is 324 g/mol. The van der Waals surface area contributed by atoms with E-state index in [0.29, 0.717) is 30.3 Å². The van der Waals surface area contributed by atoms with Gasteiger partial charge >= 0.3 is 6.03 Å². The Morgan fingerprint density at radius 3 is 3.08 bits per heavy atom. The third kappa shape index (κ3) is 4.87. The van der Waals surface area contributed by atoms with E-state index in [4.69, 9.17) is 14.2 Å². The Morgan fingerprint density at radius 2 is 2.36 bits per heavy atom. The molecular formula is C17H22N4O4. The van der Waals surface area contributed by atoms with Gasteiger partial charge in [-0.25, -0.2) is 4.79 Å². The highest BCUT2D eigenvalue weighted by Crippen LogP contribution is 2.29. The standard InChI is InChI=1S/C17H22N4O4/c1-23-16-7-12(8-18-17(22)21-13-9-19-20-10-13)4-5-15(16)25-11-14-3-2-6-24-14/h4-5,7,9-10,14H,2-3,6,8,11H2,1H3,(H,19,20)(H2,18,21,22)/t14-/m1/s1. The van der Waals surface area contributed by atoms with Crippen molar-refractivity contribution in [3.05, 3.63) is 36.2 Å². The number of rotatable bonds is 7. The summed E-state index contributed by atoms with van der Waals surface area (Å²) in [5.41, 5.74) is 1.51. The van der Waals surface area contributed by atoms with Crippen molar-refractivity contribution >= 4 is 11.7 Å². The molecule has 1 saturated heterocycles. The van der Waals surface area contributed by atoms with Crippen molar-refractivity contribution in [1.29, 1.82) is 0 Å². The zero-order chi connectivity index (χ0) is 17.5. The van der Waals surface area contributed by atoms with Crippen LogP contribution in [0.3, 0.4) is 0 Å². The van der Waals surface area contributed by atoms with Crippen LogP contribution in [0.4, 0.5) is 10.5 Å². The molecule has 2 amide bonds. The van der Waals surface area contributed by atoms with Crippen molar-refractivity contribution in [1.82, 2.24) is 15.5 Å². The molecule has 8 nitrogen and oxygen atoms in total. The zero-order valence-electron chi connectivity index (χ0n) is 14.1. The number of ether oxygens (including phenoxy) is 3. The molecule has 0 saturated carbocycles. The first kappa shape index (κ1) is 17.1. The Bertz CT molecular complexity index is 684. The van der Waals surface area contributed by atoms with Gasteiger partial charge in [0, 0.05) is 19.3 Å². The molecule has 134 valence electrons. The van der Waals surface area contributed by atoms with Crippen molar-refractivity contribution in [2.24, 2.45) is 0 Å². The van der Waals surface area contributed by atoms with Crippen LogP contribution < -0.4 is 20.1 Å². The first-order chi connectivity index (χ1) is 12.2. The number of carbonyl (C=O) groups is 1. The van der Waals surface area contributed by atoms with Gasteiger partial charge in [0.05, 0.1) is 25.1 Å². The second-order valence-electron chi connectivity index (χ2n) is 5.73. The van der Waals surface area contributed by atoms with Gasteiger partial charge in [0.1, 0.15) is 6.61 Å². The van der Waals surface area contributed by atoms with Gasteiger partial charge in [-0.2, -0.15) is 5.10 Å². The maximum atomic E-state index is 11.8. The van der Waals surface area contributed by atoms with Crippen LogP contribution in [-0.2, 0) is 11.3 Å². The van der Waals surface area contributed by atoms with Gasteiger partial charge in [0.15, 0.2) is 11.5 Å². The van der Waals surface area contributed by atoms with Crippen LogP contribution in [-0.4, -0.2) is 42.7 Å². The Balaban J connectivity index is 1.52. The Labute approximate surface area is 145 Å². The summed E-state index contributed by atoms with van der Waals surface area (Å²) in [6.07, 6.45) is 5.39. The van der Waals surface area contributed by atoms with Gasteiger partial charge in [-0.1, -0.05) is 6.07 Å². The summed E-state index contributed by atoms with van der Waals surface area (Å²) in [5, 5.41) is 11.8. The quantitative estimate of drug-likeness (QED) is 0.715. The van der Waals surface area contributed by atoms with Crippen molar-refractivity contribution in [3.8, 4) is 11.5 Å². The number of hydrogen-bond donors (Lipinski definition) is 3. The van der Waals surface area contributed by atoms with E-state index in [1.807, 2.05) is 18.2 Å². The van der Waals surface area contributed by atoms with E-state index in [-0.39, 0.29) is 12.1 Å². The molecule has 0 aliphatic carbocycles. The molecule has 0 spiro atoms. The lowest BCUT2D eigenvalue weighted by molar-refractivity contribution is 0.0669. The number of anilines is 1. The fraction of sp³-hybridized carbons (Fsp3) is 0.412. The molecule has 1 aromatic carbocycles. The zero-order valence-corrected chi connectivity index (χ0v) is 14.1. The van der Waals surface area contributed by atoms with E-state index in [1.165, 1.54) is 6.20 Å². The predicted octanol–water partition coefficient (Wildman–Crippen LogP) is 2.30. The minimum absolute atomic E-state index is 0.151.